The Hall–Kier alpha value is -0.950. The average molecular weight is 387 g/mol. The summed E-state index contributed by atoms with van der Waals surface area (Å²) in [5.41, 5.74) is 1.11. The van der Waals surface area contributed by atoms with Crippen molar-refractivity contribution < 1.29 is 4.39 Å². The highest BCUT2D eigenvalue weighted by atomic mass is 127. The van der Waals surface area contributed by atoms with Crippen LogP contribution in [0.2, 0.25) is 0 Å². The molecule has 1 unspecified atom stereocenters. The first-order valence-electron chi connectivity index (χ1n) is 6.78. The molecule has 20 heavy (non-hydrogen) atoms. The maximum atomic E-state index is 13.2. The third-order valence-corrected chi connectivity index (χ3v) is 4.27. The van der Waals surface area contributed by atoms with E-state index in [2.05, 4.69) is 44.4 Å². The minimum absolute atomic E-state index is 0.139. The van der Waals surface area contributed by atoms with Gasteiger partial charge in [-0.05, 0) is 53.8 Å². The summed E-state index contributed by atoms with van der Waals surface area (Å²) in [6, 6.07) is 5.07. The number of nitrogens with one attached hydrogen (secondary N) is 1. The van der Waals surface area contributed by atoms with Crippen LogP contribution in [0.4, 0.5) is 4.39 Å². The zero-order valence-corrected chi connectivity index (χ0v) is 13.9. The second-order valence-electron chi connectivity index (χ2n) is 4.75. The Balaban J connectivity index is 2.22. The van der Waals surface area contributed by atoms with Gasteiger partial charge >= 0.3 is 0 Å². The number of benzene rings is 1. The molecule has 0 aliphatic carbocycles. The molecule has 1 atom stereocenters. The SMILES string of the molecule is CCCn1ccnc1CC(NC)c1ccc(F)cc1I. The van der Waals surface area contributed by atoms with Crippen molar-refractivity contribution in [1.29, 1.82) is 0 Å². The van der Waals surface area contributed by atoms with Gasteiger partial charge in [0.05, 0.1) is 0 Å². The van der Waals surface area contributed by atoms with Gasteiger partial charge in [-0.2, -0.15) is 0 Å². The van der Waals surface area contributed by atoms with Gasteiger partial charge in [-0.1, -0.05) is 13.0 Å². The van der Waals surface area contributed by atoms with E-state index in [1.807, 2.05) is 25.5 Å². The van der Waals surface area contributed by atoms with E-state index >= 15 is 0 Å². The molecule has 0 bridgehead atoms. The van der Waals surface area contributed by atoms with E-state index < -0.39 is 0 Å². The van der Waals surface area contributed by atoms with E-state index in [1.54, 1.807) is 6.07 Å². The number of halogens is 2. The fraction of sp³-hybridized carbons (Fsp3) is 0.400. The Labute approximate surface area is 132 Å². The van der Waals surface area contributed by atoms with Gasteiger partial charge in [-0.15, -0.1) is 0 Å². The van der Waals surface area contributed by atoms with Crippen LogP contribution in [0.5, 0.6) is 0 Å². The smallest absolute Gasteiger partial charge is 0.124 e. The Kier molecular flexibility index (Phi) is 5.54. The van der Waals surface area contributed by atoms with E-state index in [0.717, 1.165) is 34.3 Å². The molecular weight excluding hydrogens is 368 g/mol. The van der Waals surface area contributed by atoms with Crippen LogP contribution in [-0.2, 0) is 13.0 Å². The number of rotatable bonds is 6. The lowest BCUT2D eigenvalue weighted by Crippen LogP contribution is -2.22. The largest absolute Gasteiger partial charge is 0.335 e. The fourth-order valence-electron chi connectivity index (χ4n) is 2.31. The third-order valence-electron chi connectivity index (χ3n) is 3.34. The van der Waals surface area contributed by atoms with E-state index in [1.165, 1.54) is 6.07 Å². The van der Waals surface area contributed by atoms with E-state index in [9.17, 15) is 4.39 Å². The molecule has 0 aliphatic heterocycles. The number of hydrogen-bond donors (Lipinski definition) is 1. The predicted molar refractivity (Wildman–Crippen MR) is 87.1 cm³/mol. The van der Waals surface area contributed by atoms with Gasteiger partial charge in [-0.3, -0.25) is 0 Å². The van der Waals surface area contributed by atoms with E-state index in [0.29, 0.717) is 0 Å². The summed E-state index contributed by atoms with van der Waals surface area (Å²) in [6.07, 6.45) is 5.74. The van der Waals surface area contributed by atoms with Crippen molar-refractivity contribution in [2.45, 2.75) is 32.4 Å². The Morgan fingerprint density at radius 2 is 2.25 bits per heavy atom. The number of aromatic nitrogens is 2. The minimum Gasteiger partial charge on any atom is -0.335 e. The maximum absolute atomic E-state index is 13.2. The van der Waals surface area contributed by atoms with Crippen molar-refractivity contribution in [1.82, 2.24) is 14.9 Å². The van der Waals surface area contributed by atoms with Gasteiger partial charge in [-0.25, -0.2) is 9.37 Å². The average Bonchev–Trinajstić information content (AvgIpc) is 2.84. The van der Waals surface area contributed by atoms with Crippen LogP contribution in [0.1, 0.15) is 30.8 Å². The Morgan fingerprint density at radius 1 is 1.45 bits per heavy atom. The molecule has 108 valence electrons. The summed E-state index contributed by atoms with van der Waals surface area (Å²) in [5, 5.41) is 3.31. The Morgan fingerprint density at radius 3 is 2.90 bits per heavy atom. The van der Waals surface area contributed by atoms with Gasteiger partial charge in [0.2, 0.25) is 0 Å². The van der Waals surface area contributed by atoms with Crippen molar-refractivity contribution in [3.8, 4) is 0 Å². The Bertz CT molecular complexity index is 568. The number of aryl methyl sites for hydroxylation is 1. The molecule has 5 heteroatoms. The molecule has 0 aliphatic rings. The van der Waals surface area contributed by atoms with Crippen LogP contribution in [0, 0.1) is 9.39 Å². The summed E-state index contributed by atoms with van der Waals surface area (Å²) < 4.78 is 16.3. The number of imidazole rings is 1. The zero-order chi connectivity index (χ0) is 14.5. The van der Waals surface area contributed by atoms with Gasteiger partial charge in [0.15, 0.2) is 0 Å². The zero-order valence-electron chi connectivity index (χ0n) is 11.7. The molecule has 3 nitrogen and oxygen atoms in total. The first-order chi connectivity index (χ1) is 9.65. The molecule has 1 aromatic heterocycles. The lowest BCUT2D eigenvalue weighted by atomic mass is 10.0. The monoisotopic (exact) mass is 387 g/mol. The summed E-state index contributed by atoms with van der Waals surface area (Å²) in [4.78, 5) is 4.44. The first kappa shape index (κ1) is 15.4. The molecule has 1 heterocycles. The molecule has 0 saturated heterocycles. The highest BCUT2D eigenvalue weighted by Crippen LogP contribution is 2.23. The van der Waals surface area contributed by atoms with E-state index in [-0.39, 0.29) is 11.9 Å². The van der Waals surface area contributed by atoms with Crippen LogP contribution >= 0.6 is 22.6 Å². The predicted octanol–water partition coefficient (Wildman–Crippen LogP) is 3.54. The second-order valence-corrected chi connectivity index (χ2v) is 5.91. The third kappa shape index (κ3) is 3.58. The summed E-state index contributed by atoms with van der Waals surface area (Å²) in [7, 11) is 1.93. The normalized spacial score (nSPS) is 12.6. The van der Waals surface area contributed by atoms with E-state index in [4.69, 9.17) is 0 Å². The van der Waals surface area contributed by atoms with Crippen molar-refractivity contribution in [2.24, 2.45) is 0 Å². The van der Waals surface area contributed by atoms with Crippen LogP contribution in [-0.4, -0.2) is 16.6 Å². The molecule has 1 aromatic carbocycles. The lowest BCUT2D eigenvalue weighted by molar-refractivity contribution is 0.539. The number of nitrogens with zero attached hydrogens (tertiary/aromatic N) is 2. The van der Waals surface area contributed by atoms with Crippen molar-refractivity contribution >= 4 is 22.6 Å². The van der Waals surface area contributed by atoms with Crippen molar-refractivity contribution in [3.05, 3.63) is 51.4 Å². The number of hydrogen-bond acceptors (Lipinski definition) is 2. The fourth-order valence-corrected chi connectivity index (χ4v) is 3.16. The van der Waals surface area contributed by atoms with Gasteiger partial charge < -0.3 is 9.88 Å². The van der Waals surface area contributed by atoms with Gasteiger partial charge in [0.25, 0.3) is 0 Å². The molecule has 2 rings (SSSR count). The lowest BCUT2D eigenvalue weighted by Gasteiger charge is -2.18. The molecular formula is C15H19FIN3. The summed E-state index contributed by atoms with van der Waals surface area (Å²) >= 11 is 2.18. The molecule has 0 radical (unpaired) electrons. The second kappa shape index (κ2) is 7.17. The number of likely N-dealkylation sites (N-methyl/N-ethyl adjacent to an activating group) is 1. The first-order valence-corrected chi connectivity index (χ1v) is 7.85. The molecule has 2 aromatic rings. The van der Waals surface area contributed by atoms with Crippen LogP contribution in [0.3, 0.4) is 0 Å². The molecule has 0 spiro atoms. The van der Waals surface area contributed by atoms with Crippen LogP contribution in [0.15, 0.2) is 30.6 Å². The maximum Gasteiger partial charge on any atom is 0.124 e. The standard InChI is InChI=1S/C15H19FIN3/c1-3-7-20-8-6-19-15(20)10-14(18-2)12-5-4-11(16)9-13(12)17/h4-6,8-9,14,18H,3,7,10H2,1-2H3. The molecule has 0 fully saturated rings. The highest BCUT2D eigenvalue weighted by Gasteiger charge is 2.16. The van der Waals surface area contributed by atoms with Gasteiger partial charge in [0, 0.05) is 35.0 Å². The molecule has 1 N–H and O–H groups in total. The summed E-state index contributed by atoms with van der Waals surface area (Å²) in [5.74, 6) is 0.867. The van der Waals surface area contributed by atoms with Crippen LogP contribution in [0.25, 0.3) is 0 Å². The molecule has 0 amide bonds. The summed E-state index contributed by atoms with van der Waals surface area (Å²) in [6.45, 7) is 3.13. The van der Waals surface area contributed by atoms with Crippen LogP contribution < -0.4 is 5.32 Å². The minimum atomic E-state index is -0.194. The van der Waals surface area contributed by atoms with Crippen molar-refractivity contribution in [3.63, 3.8) is 0 Å². The topological polar surface area (TPSA) is 29.9 Å². The van der Waals surface area contributed by atoms with Gasteiger partial charge in [0.1, 0.15) is 11.6 Å². The highest BCUT2D eigenvalue weighted by molar-refractivity contribution is 14.1. The van der Waals surface area contributed by atoms with Crippen molar-refractivity contribution in [2.75, 3.05) is 7.05 Å². The quantitative estimate of drug-likeness (QED) is 0.769. The molecule has 0 saturated carbocycles.